The lowest BCUT2D eigenvalue weighted by molar-refractivity contribution is 0.111. The molecule has 1 N–H and O–H groups in total. The van der Waals surface area contributed by atoms with Crippen molar-refractivity contribution in [3.63, 3.8) is 0 Å². The summed E-state index contributed by atoms with van der Waals surface area (Å²) < 4.78 is 0. The van der Waals surface area contributed by atoms with Gasteiger partial charge in [-0.05, 0) is 12.2 Å². The summed E-state index contributed by atoms with van der Waals surface area (Å²) in [6, 6.07) is 0. The first kappa shape index (κ1) is 7.79. The average Bonchev–Trinajstić information content (AvgIpc) is 2.75. The summed E-state index contributed by atoms with van der Waals surface area (Å²) >= 11 is 1.92. The van der Waals surface area contributed by atoms with Crippen molar-refractivity contribution in [1.29, 1.82) is 0 Å². The molecule has 2 rings (SSSR count). The Bertz CT molecular complexity index is 280. The summed E-state index contributed by atoms with van der Waals surface area (Å²) in [5.41, 5.74) is 0. The molecule has 12 heavy (non-hydrogen) atoms. The number of carbonyl (C=O) groups excluding carboxylic acids is 1. The molecule has 0 spiro atoms. The fourth-order valence-electron chi connectivity index (χ4n) is 1.27. The van der Waals surface area contributed by atoms with E-state index in [9.17, 15) is 4.79 Å². The van der Waals surface area contributed by atoms with Crippen LogP contribution in [0.5, 0.6) is 0 Å². The molecule has 1 aliphatic rings. The molecule has 1 aromatic rings. The highest BCUT2D eigenvalue weighted by atomic mass is 32.2. The molecule has 1 fully saturated rings. The van der Waals surface area contributed by atoms with Gasteiger partial charge >= 0.3 is 0 Å². The molecule has 5 heteroatoms. The predicted octanol–water partition coefficient (Wildman–Crippen LogP) is 0.838. The van der Waals surface area contributed by atoms with Gasteiger partial charge in [-0.25, -0.2) is 4.98 Å². The molecule has 1 saturated heterocycles. The maximum absolute atomic E-state index is 10.3. The molecule has 0 aromatic carbocycles. The molecule has 1 atom stereocenters. The lowest BCUT2D eigenvalue weighted by atomic mass is 10.1. The van der Waals surface area contributed by atoms with Crippen molar-refractivity contribution in [2.24, 2.45) is 0 Å². The molecular formula is C7H9N3OS. The van der Waals surface area contributed by atoms with Gasteiger partial charge in [0.05, 0.1) is 0 Å². The molecule has 1 aromatic heterocycles. The maximum Gasteiger partial charge on any atom is 0.214 e. The van der Waals surface area contributed by atoms with Gasteiger partial charge in [0.2, 0.25) is 5.82 Å². The van der Waals surface area contributed by atoms with Gasteiger partial charge in [0.25, 0.3) is 0 Å². The molecule has 4 nitrogen and oxygen atoms in total. The smallest absolute Gasteiger partial charge is 0.214 e. The molecule has 0 saturated carbocycles. The number of aromatic amines is 1. The number of nitrogens with one attached hydrogen (secondary N) is 1. The maximum atomic E-state index is 10.3. The van der Waals surface area contributed by atoms with Gasteiger partial charge in [0.1, 0.15) is 5.82 Å². The predicted molar refractivity (Wildman–Crippen MR) is 46.5 cm³/mol. The van der Waals surface area contributed by atoms with Crippen LogP contribution < -0.4 is 0 Å². The topological polar surface area (TPSA) is 58.6 Å². The van der Waals surface area contributed by atoms with Crippen LogP contribution in [0.4, 0.5) is 0 Å². The molecule has 0 amide bonds. The number of nitrogens with zero attached hydrogens (tertiary/aromatic N) is 2. The first-order valence-corrected chi connectivity index (χ1v) is 5.01. The van der Waals surface area contributed by atoms with E-state index in [0.29, 0.717) is 12.2 Å². The molecule has 0 aliphatic carbocycles. The van der Waals surface area contributed by atoms with Crippen LogP contribution >= 0.6 is 11.8 Å². The van der Waals surface area contributed by atoms with Gasteiger partial charge in [-0.1, -0.05) is 0 Å². The molecule has 0 bridgehead atoms. The van der Waals surface area contributed by atoms with Crippen molar-refractivity contribution in [2.45, 2.75) is 12.3 Å². The number of thioether (sulfide) groups is 1. The first-order valence-electron chi connectivity index (χ1n) is 3.85. The summed E-state index contributed by atoms with van der Waals surface area (Å²) in [7, 11) is 0. The third kappa shape index (κ3) is 1.36. The van der Waals surface area contributed by atoms with Crippen LogP contribution in [-0.2, 0) is 0 Å². The summed E-state index contributed by atoms with van der Waals surface area (Å²) in [5, 5.41) is 6.56. The Labute approximate surface area is 74.2 Å². The quantitative estimate of drug-likeness (QED) is 0.690. The minimum absolute atomic E-state index is 0.266. The number of carbonyl (C=O) groups is 1. The van der Waals surface area contributed by atoms with E-state index in [1.807, 2.05) is 11.8 Å². The van der Waals surface area contributed by atoms with Crippen LogP contribution in [0, 0.1) is 0 Å². The lowest BCUT2D eigenvalue weighted by Crippen LogP contribution is -1.98. The molecule has 2 heterocycles. The van der Waals surface area contributed by atoms with Crippen LogP contribution in [0.25, 0.3) is 0 Å². The number of hydrogen-bond donors (Lipinski definition) is 1. The second-order valence-corrected chi connectivity index (χ2v) is 3.91. The number of rotatable bonds is 2. The van der Waals surface area contributed by atoms with Gasteiger partial charge in [0.15, 0.2) is 6.29 Å². The highest BCUT2D eigenvalue weighted by Crippen LogP contribution is 2.29. The number of aldehydes is 1. The van der Waals surface area contributed by atoms with Crippen molar-refractivity contribution >= 4 is 18.0 Å². The normalized spacial score (nSPS) is 22.8. The zero-order valence-corrected chi connectivity index (χ0v) is 7.30. The van der Waals surface area contributed by atoms with E-state index >= 15 is 0 Å². The minimum Gasteiger partial charge on any atom is -0.294 e. The van der Waals surface area contributed by atoms with Crippen LogP contribution in [0.1, 0.15) is 28.8 Å². The number of H-pyrrole nitrogens is 1. The Morgan fingerprint density at radius 1 is 1.67 bits per heavy atom. The van der Waals surface area contributed by atoms with E-state index in [0.717, 1.165) is 18.0 Å². The highest BCUT2D eigenvalue weighted by Gasteiger charge is 2.20. The zero-order valence-electron chi connectivity index (χ0n) is 6.49. The standard InChI is InChI=1S/C7H9N3OS/c11-3-6-8-7(10-9-6)5-1-2-12-4-5/h3,5H,1-2,4H2,(H,8,9,10). The molecule has 1 unspecified atom stereocenters. The second-order valence-electron chi connectivity index (χ2n) is 2.76. The van der Waals surface area contributed by atoms with E-state index in [2.05, 4.69) is 15.2 Å². The molecular weight excluding hydrogens is 174 g/mol. The second kappa shape index (κ2) is 3.26. The van der Waals surface area contributed by atoms with E-state index in [1.54, 1.807) is 0 Å². The largest absolute Gasteiger partial charge is 0.294 e. The molecule has 64 valence electrons. The third-order valence-corrected chi connectivity index (χ3v) is 3.10. The summed E-state index contributed by atoms with van der Waals surface area (Å²) in [4.78, 5) is 14.3. The molecule has 0 radical (unpaired) electrons. The van der Waals surface area contributed by atoms with Crippen molar-refractivity contribution in [2.75, 3.05) is 11.5 Å². The lowest BCUT2D eigenvalue weighted by Gasteiger charge is -2.00. The Hall–Kier alpha value is -0.840. The van der Waals surface area contributed by atoms with Gasteiger partial charge in [-0.3, -0.25) is 9.89 Å². The zero-order chi connectivity index (χ0) is 8.39. The first-order chi connectivity index (χ1) is 5.90. The van der Waals surface area contributed by atoms with Gasteiger partial charge in [-0.2, -0.15) is 16.9 Å². The third-order valence-electron chi connectivity index (χ3n) is 1.94. The Kier molecular flexibility index (Phi) is 2.12. The van der Waals surface area contributed by atoms with E-state index < -0.39 is 0 Å². The van der Waals surface area contributed by atoms with Crippen LogP contribution in [-0.4, -0.2) is 33.0 Å². The minimum atomic E-state index is 0.266. The van der Waals surface area contributed by atoms with Gasteiger partial charge < -0.3 is 0 Å². The fraction of sp³-hybridized carbons (Fsp3) is 0.571. The molecule has 1 aliphatic heterocycles. The Morgan fingerprint density at radius 3 is 3.17 bits per heavy atom. The van der Waals surface area contributed by atoms with Crippen molar-refractivity contribution in [1.82, 2.24) is 15.2 Å². The SMILES string of the molecule is O=Cc1n[nH]c(C2CCSC2)n1. The summed E-state index contributed by atoms with van der Waals surface area (Å²) in [6.45, 7) is 0. The van der Waals surface area contributed by atoms with Crippen LogP contribution in [0.2, 0.25) is 0 Å². The number of hydrogen-bond acceptors (Lipinski definition) is 4. The van der Waals surface area contributed by atoms with Crippen molar-refractivity contribution in [3.8, 4) is 0 Å². The van der Waals surface area contributed by atoms with Crippen molar-refractivity contribution < 1.29 is 4.79 Å². The van der Waals surface area contributed by atoms with Crippen molar-refractivity contribution in [3.05, 3.63) is 11.6 Å². The highest BCUT2D eigenvalue weighted by molar-refractivity contribution is 7.99. The van der Waals surface area contributed by atoms with Crippen LogP contribution in [0.15, 0.2) is 0 Å². The summed E-state index contributed by atoms with van der Waals surface area (Å²) in [6.07, 6.45) is 1.81. The van der Waals surface area contributed by atoms with Gasteiger partial charge in [-0.15, -0.1) is 0 Å². The summed E-state index contributed by atoms with van der Waals surface area (Å²) in [5.74, 6) is 3.87. The van der Waals surface area contributed by atoms with E-state index in [-0.39, 0.29) is 5.82 Å². The van der Waals surface area contributed by atoms with E-state index in [1.165, 1.54) is 5.75 Å². The average molecular weight is 183 g/mol. The monoisotopic (exact) mass is 183 g/mol. The van der Waals surface area contributed by atoms with Gasteiger partial charge in [0, 0.05) is 11.7 Å². The van der Waals surface area contributed by atoms with E-state index in [4.69, 9.17) is 0 Å². The number of aromatic nitrogens is 3. The fourth-order valence-corrected chi connectivity index (χ4v) is 2.50. The Balaban J connectivity index is 2.16. The van der Waals surface area contributed by atoms with Crippen LogP contribution in [0.3, 0.4) is 0 Å². The Morgan fingerprint density at radius 2 is 2.58 bits per heavy atom.